The van der Waals surface area contributed by atoms with Crippen molar-refractivity contribution in [1.29, 1.82) is 0 Å². The Bertz CT molecular complexity index is 1230. The van der Waals surface area contributed by atoms with E-state index >= 15 is 0 Å². The van der Waals surface area contributed by atoms with Gasteiger partial charge < -0.3 is 5.11 Å². The molecule has 0 aromatic rings. The van der Waals surface area contributed by atoms with Gasteiger partial charge in [0.15, 0.2) is 5.78 Å². The number of carbonyl (C=O) groups excluding carboxylic acids is 1. The summed E-state index contributed by atoms with van der Waals surface area (Å²) >= 11 is 0. The van der Waals surface area contributed by atoms with E-state index in [0.717, 1.165) is 49.7 Å². The Kier molecular flexibility index (Phi) is 13.7. The monoisotopic (exact) mass is 570 g/mol. The lowest BCUT2D eigenvalue weighted by Crippen LogP contribution is -2.28. The smallest absolute Gasteiger partial charge is 0.181 e. The zero-order chi connectivity index (χ0) is 31.5. The summed E-state index contributed by atoms with van der Waals surface area (Å²) in [5.41, 5.74) is 8.51. The van der Waals surface area contributed by atoms with Crippen LogP contribution in [-0.2, 0) is 4.79 Å². The lowest BCUT2D eigenvalue weighted by molar-refractivity contribution is -0.111. The third-order valence-electron chi connectivity index (χ3n) is 8.81. The van der Waals surface area contributed by atoms with Crippen molar-refractivity contribution in [2.45, 2.75) is 120 Å². The molecule has 2 atom stereocenters. The average molecular weight is 571 g/mol. The fourth-order valence-corrected chi connectivity index (χ4v) is 6.07. The molecule has 0 bridgehead atoms. The fraction of sp³-hybridized carbons (Fsp3) is 0.525. The molecular formula is C40H58O2. The first kappa shape index (κ1) is 35.5. The maximum absolute atomic E-state index is 12.1. The van der Waals surface area contributed by atoms with Crippen LogP contribution in [0.1, 0.15) is 114 Å². The Labute approximate surface area is 258 Å². The molecule has 2 nitrogen and oxygen atoms in total. The van der Waals surface area contributed by atoms with E-state index in [-0.39, 0.29) is 22.7 Å². The standard InChI is InChI=1S/C40H58O2/c1-29(17-13-19-31(3)21-23-36-33(5)27-35(41)28-40(36,9)10)15-11-12-16-30(2)18-14-20-32(4)22-24-37-34(6)38(42)25-26-39(37,7)8/h11-12,16,19-26,29,35,41H,13-15,17-18,27-28H2,1-10H3/b12-11+,23-21+,24-22+,30-16+,31-19-,32-20+/t29?,35-/m1/s1. The van der Waals surface area contributed by atoms with Crippen LogP contribution in [0.2, 0.25) is 0 Å². The van der Waals surface area contributed by atoms with Crippen molar-refractivity contribution in [2.24, 2.45) is 16.7 Å². The van der Waals surface area contributed by atoms with Gasteiger partial charge >= 0.3 is 0 Å². The highest BCUT2D eigenvalue weighted by Crippen LogP contribution is 2.41. The Morgan fingerprint density at radius 3 is 2.26 bits per heavy atom. The van der Waals surface area contributed by atoms with Gasteiger partial charge in [-0.05, 0) is 108 Å². The first-order chi connectivity index (χ1) is 19.6. The summed E-state index contributed by atoms with van der Waals surface area (Å²) in [5.74, 6) is 0.770. The first-order valence-electron chi connectivity index (χ1n) is 16.0. The second-order valence-corrected chi connectivity index (χ2v) is 14.1. The topological polar surface area (TPSA) is 37.3 Å². The van der Waals surface area contributed by atoms with Crippen LogP contribution in [0.5, 0.6) is 0 Å². The molecule has 0 saturated carbocycles. The van der Waals surface area contributed by atoms with Gasteiger partial charge in [-0.1, -0.05) is 118 Å². The summed E-state index contributed by atoms with van der Waals surface area (Å²) < 4.78 is 0. The molecule has 1 N–H and O–H groups in total. The summed E-state index contributed by atoms with van der Waals surface area (Å²) in [6.07, 6.45) is 30.8. The Hall–Kier alpha value is -2.71. The fourth-order valence-electron chi connectivity index (χ4n) is 6.07. The highest BCUT2D eigenvalue weighted by atomic mass is 16.3. The van der Waals surface area contributed by atoms with Gasteiger partial charge in [-0.2, -0.15) is 0 Å². The highest BCUT2D eigenvalue weighted by molar-refractivity contribution is 6.05. The lowest BCUT2D eigenvalue weighted by Gasteiger charge is -2.35. The summed E-state index contributed by atoms with van der Waals surface area (Å²) in [6.45, 7) is 21.7. The number of hydrogen-bond acceptors (Lipinski definition) is 2. The van der Waals surface area contributed by atoms with Gasteiger partial charge in [0.05, 0.1) is 6.10 Å². The van der Waals surface area contributed by atoms with E-state index in [1.165, 1.54) is 34.3 Å². The van der Waals surface area contributed by atoms with Crippen molar-refractivity contribution >= 4 is 5.78 Å². The minimum atomic E-state index is -0.210. The Morgan fingerprint density at radius 2 is 1.62 bits per heavy atom. The van der Waals surface area contributed by atoms with Crippen LogP contribution in [0.15, 0.2) is 106 Å². The molecule has 2 heteroatoms. The van der Waals surface area contributed by atoms with Crippen molar-refractivity contribution in [3.63, 3.8) is 0 Å². The van der Waals surface area contributed by atoms with Crippen molar-refractivity contribution < 1.29 is 9.90 Å². The molecule has 0 heterocycles. The second kappa shape index (κ2) is 16.2. The number of aliphatic hydroxyl groups is 1. The number of rotatable bonds is 13. The zero-order valence-electron chi connectivity index (χ0n) is 28.3. The van der Waals surface area contributed by atoms with Crippen LogP contribution < -0.4 is 0 Å². The number of allylic oxidation sites excluding steroid dienone is 17. The summed E-state index contributed by atoms with van der Waals surface area (Å²) in [7, 11) is 0. The van der Waals surface area contributed by atoms with E-state index in [1.54, 1.807) is 6.08 Å². The predicted molar refractivity (Wildman–Crippen MR) is 183 cm³/mol. The Morgan fingerprint density at radius 1 is 1.00 bits per heavy atom. The van der Waals surface area contributed by atoms with Gasteiger partial charge in [-0.25, -0.2) is 0 Å². The molecule has 0 radical (unpaired) electrons. The largest absolute Gasteiger partial charge is 0.393 e. The van der Waals surface area contributed by atoms with Crippen molar-refractivity contribution in [3.05, 3.63) is 106 Å². The average Bonchev–Trinajstić information content (AvgIpc) is 2.87. The minimum Gasteiger partial charge on any atom is -0.393 e. The van der Waals surface area contributed by atoms with Gasteiger partial charge in [-0.15, -0.1) is 0 Å². The Balaban J connectivity index is 1.75. The van der Waals surface area contributed by atoms with E-state index in [2.05, 4.69) is 117 Å². The first-order valence-corrected chi connectivity index (χ1v) is 16.0. The van der Waals surface area contributed by atoms with Gasteiger partial charge in [0.1, 0.15) is 0 Å². The molecule has 0 aromatic carbocycles. The second-order valence-electron chi connectivity index (χ2n) is 14.1. The molecule has 1 unspecified atom stereocenters. The minimum absolute atomic E-state index is 0.0320. The van der Waals surface area contributed by atoms with Crippen LogP contribution in [0, 0.1) is 16.7 Å². The zero-order valence-corrected chi connectivity index (χ0v) is 28.3. The predicted octanol–water partition coefficient (Wildman–Crippen LogP) is 11.1. The number of carbonyl (C=O) groups is 1. The molecule has 0 spiro atoms. The van der Waals surface area contributed by atoms with E-state index in [9.17, 15) is 9.90 Å². The molecule has 230 valence electrons. The van der Waals surface area contributed by atoms with Gasteiger partial charge in [-0.3, -0.25) is 4.79 Å². The summed E-state index contributed by atoms with van der Waals surface area (Å²) in [6, 6.07) is 0. The third kappa shape index (κ3) is 11.5. The molecule has 0 aliphatic heterocycles. The molecule has 0 fully saturated rings. The van der Waals surface area contributed by atoms with Gasteiger partial charge in [0.2, 0.25) is 0 Å². The van der Waals surface area contributed by atoms with E-state index < -0.39 is 0 Å². The molecule has 2 rings (SSSR count). The normalized spacial score (nSPS) is 22.9. The van der Waals surface area contributed by atoms with Crippen LogP contribution in [0.4, 0.5) is 0 Å². The number of hydrogen-bond donors (Lipinski definition) is 1. The lowest BCUT2D eigenvalue weighted by atomic mass is 9.71. The van der Waals surface area contributed by atoms with Gasteiger partial charge in [0.25, 0.3) is 0 Å². The molecule has 0 aromatic heterocycles. The SMILES string of the molecule is CC1=C(/C=C/C(C)=C\CCC(C)C/C=C/C=C(\C)CC/C=C(C)/C=C/C2=C(C)C(=O)C=CC2(C)C)C(C)(C)C[C@H](O)C1. The van der Waals surface area contributed by atoms with E-state index in [0.29, 0.717) is 5.92 Å². The molecule has 2 aliphatic rings. The van der Waals surface area contributed by atoms with Crippen molar-refractivity contribution in [2.75, 3.05) is 0 Å². The van der Waals surface area contributed by atoms with Crippen LogP contribution >= 0.6 is 0 Å². The van der Waals surface area contributed by atoms with Crippen LogP contribution in [0.3, 0.4) is 0 Å². The quantitative estimate of drug-likeness (QED) is 0.224. The van der Waals surface area contributed by atoms with E-state index in [4.69, 9.17) is 0 Å². The molecule has 0 amide bonds. The maximum atomic E-state index is 12.1. The summed E-state index contributed by atoms with van der Waals surface area (Å²) in [4.78, 5) is 12.1. The number of ketones is 1. The van der Waals surface area contributed by atoms with Crippen molar-refractivity contribution in [1.82, 2.24) is 0 Å². The van der Waals surface area contributed by atoms with Gasteiger partial charge in [0, 0.05) is 11.0 Å². The van der Waals surface area contributed by atoms with Crippen LogP contribution in [-0.4, -0.2) is 17.0 Å². The van der Waals surface area contributed by atoms with Crippen LogP contribution in [0.25, 0.3) is 0 Å². The van der Waals surface area contributed by atoms with E-state index in [1.807, 2.05) is 13.0 Å². The van der Waals surface area contributed by atoms with Crippen molar-refractivity contribution in [3.8, 4) is 0 Å². The molecule has 2 aliphatic carbocycles. The molecule has 42 heavy (non-hydrogen) atoms. The molecule has 0 saturated heterocycles. The molecular weight excluding hydrogens is 512 g/mol. The maximum Gasteiger partial charge on any atom is 0.181 e. The summed E-state index contributed by atoms with van der Waals surface area (Å²) in [5, 5.41) is 10.1. The highest BCUT2D eigenvalue weighted by Gasteiger charge is 2.31. The number of aliphatic hydroxyl groups excluding tert-OH is 1. The third-order valence-corrected chi connectivity index (χ3v) is 8.81.